The second-order valence-corrected chi connectivity index (χ2v) is 4.93. The maximum atomic E-state index is 12.6. The molecule has 1 aliphatic carbocycles. The van der Waals surface area contributed by atoms with E-state index < -0.39 is 23.3 Å². The lowest BCUT2D eigenvalue weighted by molar-refractivity contribution is -0.137. The summed E-state index contributed by atoms with van der Waals surface area (Å²) in [5.74, 6) is -1.09. The van der Waals surface area contributed by atoms with Crippen molar-refractivity contribution >= 4 is 11.6 Å². The molecule has 2 heterocycles. The number of pyridine rings is 2. The highest BCUT2D eigenvalue weighted by atomic mass is 19.4. The molecule has 0 spiro atoms. The molecule has 0 amide bonds. The number of carbonyl (C=O) groups is 2. The minimum absolute atomic E-state index is 0.0787. The number of methoxy groups -OCH3 is 1. The highest BCUT2D eigenvalue weighted by molar-refractivity contribution is 6.23. The number of ether oxygens (including phenoxy) is 1. The summed E-state index contributed by atoms with van der Waals surface area (Å²) in [4.78, 5) is 31.9. The summed E-state index contributed by atoms with van der Waals surface area (Å²) < 4.78 is 42.5. The van der Waals surface area contributed by atoms with Crippen molar-refractivity contribution in [3.05, 3.63) is 59.1 Å². The van der Waals surface area contributed by atoms with E-state index in [9.17, 15) is 22.8 Å². The number of hydrogen-bond donors (Lipinski definition) is 0. The Hall–Kier alpha value is -3.03. The van der Waals surface area contributed by atoms with Gasteiger partial charge >= 0.3 is 6.18 Å². The number of fused-ring (bicyclic) bond motifs is 1. The summed E-state index contributed by atoms with van der Waals surface area (Å²) in [5, 5.41) is 0. The number of nitrogens with zero attached hydrogens (tertiary/aromatic N) is 2. The van der Waals surface area contributed by atoms with Crippen LogP contribution in [0.15, 0.2) is 42.3 Å². The summed E-state index contributed by atoms with van der Waals surface area (Å²) in [6, 6.07) is 4.82. The van der Waals surface area contributed by atoms with Crippen LogP contribution in [-0.4, -0.2) is 28.6 Å². The fourth-order valence-corrected chi connectivity index (χ4v) is 2.22. The average molecular weight is 334 g/mol. The lowest BCUT2D eigenvalue weighted by Crippen LogP contribution is -2.19. The maximum absolute atomic E-state index is 12.6. The second kappa shape index (κ2) is 5.55. The molecular formula is C16H9F3N2O3. The van der Waals surface area contributed by atoms with Crippen LogP contribution in [0.2, 0.25) is 0 Å². The quantitative estimate of drug-likeness (QED) is 0.844. The first-order chi connectivity index (χ1) is 11.3. The zero-order valence-electron chi connectivity index (χ0n) is 12.2. The van der Waals surface area contributed by atoms with E-state index in [4.69, 9.17) is 4.74 Å². The molecule has 0 saturated heterocycles. The van der Waals surface area contributed by atoms with Gasteiger partial charge in [-0.1, -0.05) is 0 Å². The Kier molecular flexibility index (Phi) is 3.67. The van der Waals surface area contributed by atoms with Gasteiger partial charge in [0.05, 0.1) is 29.6 Å². The lowest BCUT2D eigenvalue weighted by atomic mass is 9.97. The van der Waals surface area contributed by atoms with Crippen molar-refractivity contribution in [3.8, 4) is 11.4 Å². The van der Waals surface area contributed by atoms with Crippen molar-refractivity contribution in [2.75, 3.05) is 7.11 Å². The monoisotopic (exact) mass is 334 g/mol. The van der Waals surface area contributed by atoms with Crippen molar-refractivity contribution < 1.29 is 27.5 Å². The van der Waals surface area contributed by atoms with Crippen LogP contribution in [0.4, 0.5) is 13.2 Å². The number of rotatable bonds is 2. The van der Waals surface area contributed by atoms with Crippen molar-refractivity contribution in [2.45, 2.75) is 6.18 Å². The van der Waals surface area contributed by atoms with Crippen molar-refractivity contribution in [1.29, 1.82) is 0 Å². The van der Waals surface area contributed by atoms with Crippen molar-refractivity contribution in [3.63, 3.8) is 0 Å². The standard InChI is InChI=1S/C16H9F3N2O3/c1-24-13-6-12(22)14-9(15(13)23)3-5-11(21-14)10-4-2-8(7-20-10)16(17,18)19/h2-7H,1H3. The van der Waals surface area contributed by atoms with E-state index in [2.05, 4.69) is 9.97 Å². The summed E-state index contributed by atoms with van der Waals surface area (Å²) in [7, 11) is 1.27. The fourth-order valence-electron chi connectivity index (χ4n) is 2.22. The number of halogens is 3. The number of ketones is 2. The van der Waals surface area contributed by atoms with E-state index in [0.717, 1.165) is 18.2 Å². The Morgan fingerprint density at radius 3 is 2.33 bits per heavy atom. The highest BCUT2D eigenvalue weighted by Crippen LogP contribution is 2.30. The summed E-state index contributed by atoms with van der Waals surface area (Å²) in [6.45, 7) is 0. The Labute approximate surface area is 133 Å². The topological polar surface area (TPSA) is 69.2 Å². The highest BCUT2D eigenvalue weighted by Gasteiger charge is 2.31. The van der Waals surface area contributed by atoms with Crippen molar-refractivity contribution in [2.24, 2.45) is 0 Å². The Balaban J connectivity index is 2.01. The fraction of sp³-hybridized carbons (Fsp3) is 0.125. The van der Waals surface area contributed by atoms with E-state index in [1.54, 1.807) is 0 Å². The second-order valence-electron chi connectivity index (χ2n) is 4.93. The number of allylic oxidation sites excluding steroid dienone is 2. The molecule has 122 valence electrons. The smallest absolute Gasteiger partial charge is 0.417 e. The zero-order chi connectivity index (χ0) is 17.5. The van der Waals surface area contributed by atoms with Gasteiger partial charge in [0.15, 0.2) is 5.76 Å². The van der Waals surface area contributed by atoms with Gasteiger partial charge in [0.1, 0.15) is 5.69 Å². The number of Topliss-reactive ketones (excluding diaryl/α,β-unsaturated/α-hetero) is 1. The van der Waals surface area contributed by atoms with Gasteiger partial charge in [-0.15, -0.1) is 0 Å². The third-order valence-corrected chi connectivity index (χ3v) is 3.43. The van der Waals surface area contributed by atoms with Crippen LogP contribution in [0.3, 0.4) is 0 Å². The maximum Gasteiger partial charge on any atom is 0.417 e. The molecule has 0 fully saturated rings. The van der Waals surface area contributed by atoms with E-state index in [0.29, 0.717) is 6.20 Å². The molecule has 0 aromatic carbocycles. The molecule has 0 bridgehead atoms. The molecule has 2 aromatic rings. The number of alkyl halides is 3. The SMILES string of the molecule is COC1=CC(=O)c2nc(-c3ccc(C(F)(F)F)cn3)ccc2C1=O. The van der Waals surface area contributed by atoms with Crippen LogP contribution in [0, 0.1) is 0 Å². The minimum atomic E-state index is -4.49. The molecule has 5 nitrogen and oxygen atoms in total. The average Bonchev–Trinajstić information content (AvgIpc) is 2.57. The van der Waals surface area contributed by atoms with Crippen LogP contribution in [0.25, 0.3) is 11.4 Å². The molecular weight excluding hydrogens is 325 g/mol. The van der Waals surface area contributed by atoms with Gasteiger partial charge < -0.3 is 4.74 Å². The first-order valence-electron chi connectivity index (χ1n) is 6.70. The van der Waals surface area contributed by atoms with Crippen LogP contribution in [0.1, 0.15) is 26.4 Å². The van der Waals surface area contributed by atoms with Gasteiger partial charge in [-0.25, -0.2) is 4.98 Å². The van der Waals surface area contributed by atoms with Crippen LogP contribution < -0.4 is 0 Å². The molecule has 0 unspecified atom stereocenters. The third-order valence-electron chi connectivity index (χ3n) is 3.43. The van der Waals surface area contributed by atoms with Crippen LogP contribution in [-0.2, 0) is 10.9 Å². The Bertz CT molecular complexity index is 871. The van der Waals surface area contributed by atoms with Crippen molar-refractivity contribution in [1.82, 2.24) is 9.97 Å². The van der Waals surface area contributed by atoms with Gasteiger partial charge in [0.25, 0.3) is 0 Å². The number of carbonyl (C=O) groups excluding carboxylic acids is 2. The largest absolute Gasteiger partial charge is 0.492 e. The molecule has 0 N–H and O–H groups in total. The molecule has 0 atom stereocenters. The normalized spacial score (nSPS) is 14.2. The summed E-state index contributed by atoms with van der Waals surface area (Å²) in [6.07, 6.45) is -2.77. The summed E-state index contributed by atoms with van der Waals surface area (Å²) >= 11 is 0. The van der Waals surface area contributed by atoms with Gasteiger partial charge in [-0.3, -0.25) is 14.6 Å². The molecule has 8 heteroatoms. The van der Waals surface area contributed by atoms with E-state index >= 15 is 0 Å². The minimum Gasteiger partial charge on any atom is -0.492 e. The zero-order valence-corrected chi connectivity index (χ0v) is 12.2. The number of hydrogen-bond acceptors (Lipinski definition) is 5. The Morgan fingerprint density at radius 2 is 1.75 bits per heavy atom. The van der Waals surface area contributed by atoms with Gasteiger partial charge in [-0.05, 0) is 24.3 Å². The molecule has 2 aromatic heterocycles. The predicted octanol–water partition coefficient (Wildman–Crippen LogP) is 3.07. The van der Waals surface area contributed by atoms with E-state index in [-0.39, 0.29) is 28.4 Å². The molecule has 0 radical (unpaired) electrons. The van der Waals surface area contributed by atoms with Crippen LogP contribution >= 0.6 is 0 Å². The van der Waals surface area contributed by atoms with Crippen LogP contribution in [0.5, 0.6) is 0 Å². The van der Waals surface area contributed by atoms with Gasteiger partial charge in [0, 0.05) is 12.3 Å². The molecule has 24 heavy (non-hydrogen) atoms. The lowest BCUT2D eigenvalue weighted by Gasteiger charge is -2.14. The molecule has 1 aliphatic rings. The van der Waals surface area contributed by atoms with E-state index in [1.807, 2.05) is 0 Å². The first-order valence-corrected chi connectivity index (χ1v) is 6.70. The predicted molar refractivity (Wildman–Crippen MR) is 76.2 cm³/mol. The Morgan fingerprint density at radius 1 is 1.04 bits per heavy atom. The van der Waals surface area contributed by atoms with E-state index in [1.165, 1.54) is 19.2 Å². The molecule has 3 rings (SSSR count). The molecule has 0 aliphatic heterocycles. The van der Waals surface area contributed by atoms with Gasteiger partial charge in [-0.2, -0.15) is 13.2 Å². The number of aromatic nitrogens is 2. The van der Waals surface area contributed by atoms with Gasteiger partial charge in [0.2, 0.25) is 11.6 Å². The summed E-state index contributed by atoms with van der Waals surface area (Å²) in [5.41, 5.74) is -0.538. The third kappa shape index (κ3) is 2.66. The molecule has 0 saturated carbocycles. The first kappa shape index (κ1) is 15.9.